The van der Waals surface area contributed by atoms with Gasteiger partial charge in [0.2, 0.25) is 0 Å². The highest BCUT2D eigenvalue weighted by Crippen LogP contribution is 2.26. The second kappa shape index (κ2) is 10.9. The van der Waals surface area contributed by atoms with Crippen LogP contribution in [-0.2, 0) is 10.5 Å². The molecule has 0 saturated carbocycles. The molecule has 0 radical (unpaired) electrons. The topological polar surface area (TPSA) is 120 Å². The Morgan fingerprint density at radius 2 is 1.94 bits per heavy atom. The van der Waals surface area contributed by atoms with E-state index < -0.39 is 12.1 Å². The summed E-state index contributed by atoms with van der Waals surface area (Å²) in [6.07, 6.45) is -5.09. The quantitative estimate of drug-likeness (QED) is 0.115. The predicted molar refractivity (Wildman–Crippen MR) is 131 cm³/mol. The van der Waals surface area contributed by atoms with E-state index in [1.54, 1.807) is 36.4 Å². The number of hydrogen-bond acceptors (Lipinski definition) is 7. The smallest absolute Gasteiger partial charge is 0.419 e. The number of thiophene rings is 1. The Morgan fingerprint density at radius 1 is 1.18 bits per heavy atom. The number of carbonyl (C=O) groups is 2. The van der Waals surface area contributed by atoms with Crippen LogP contribution in [0.5, 0.6) is 5.75 Å². The Labute approximate surface area is 208 Å². The Morgan fingerprint density at radius 3 is 2.65 bits per heavy atom. The maximum Gasteiger partial charge on any atom is 0.491 e. The summed E-state index contributed by atoms with van der Waals surface area (Å²) in [4.78, 5) is 23.8. The van der Waals surface area contributed by atoms with Crippen molar-refractivity contribution in [1.82, 2.24) is 0 Å². The first-order valence-corrected chi connectivity index (χ1v) is 11.9. The lowest BCUT2D eigenvalue weighted by molar-refractivity contribution is -0.189. The molecule has 5 N–H and O–H groups in total. The van der Waals surface area contributed by atoms with Gasteiger partial charge in [-0.3, -0.25) is 4.79 Å². The molecule has 0 aliphatic carbocycles. The molecule has 0 unspecified atom stereocenters. The highest BCUT2D eigenvalue weighted by Gasteiger charge is 2.41. The maximum absolute atomic E-state index is 12.6. The minimum Gasteiger partial charge on any atom is -0.419 e. The van der Waals surface area contributed by atoms with Crippen molar-refractivity contribution < 1.29 is 27.5 Å². The standard InChI is InChI=1S/C21H16BrF3N4O3S2/c22-13-2-1-3-15(7-13)28-19(30)12-4-11(5-14(26)6-12)9-34-29-18(27)17-8-16(10-33-17)32-20(31)21(23,24)25/h1-8,10H,9,26H2,(H2,27,29)(H,28,30). The van der Waals surface area contributed by atoms with Gasteiger partial charge in [-0.1, -0.05) is 22.0 Å². The molecule has 34 heavy (non-hydrogen) atoms. The van der Waals surface area contributed by atoms with Crippen molar-refractivity contribution in [2.45, 2.75) is 11.9 Å². The first kappa shape index (κ1) is 25.6. The molecule has 0 saturated heterocycles. The number of carbonyl (C=O) groups excluding carboxylic acids is 2. The minimum atomic E-state index is -5.09. The largest absolute Gasteiger partial charge is 0.491 e. The zero-order valence-corrected chi connectivity index (χ0v) is 20.3. The van der Waals surface area contributed by atoms with E-state index in [2.05, 4.69) is 30.4 Å². The van der Waals surface area contributed by atoms with Crippen LogP contribution in [0.1, 0.15) is 20.8 Å². The molecule has 3 rings (SSSR count). The average molecular weight is 573 g/mol. The van der Waals surface area contributed by atoms with Crippen LogP contribution >= 0.6 is 39.2 Å². The van der Waals surface area contributed by atoms with Gasteiger partial charge in [-0.25, -0.2) is 4.79 Å². The van der Waals surface area contributed by atoms with Crippen molar-refractivity contribution in [1.29, 1.82) is 0 Å². The van der Waals surface area contributed by atoms with Crippen LogP contribution in [0.15, 0.2) is 62.8 Å². The van der Waals surface area contributed by atoms with Gasteiger partial charge < -0.3 is 21.5 Å². The van der Waals surface area contributed by atoms with E-state index in [1.807, 2.05) is 6.07 Å². The third-order valence-corrected chi connectivity index (χ3v) is 6.24. The van der Waals surface area contributed by atoms with Crippen LogP contribution in [0, 0.1) is 0 Å². The third-order valence-electron chi connectivity index (χ3n) is 4.02. The molecule has 0 atom stereocenters. The predicted octanol–water partition coefficient (Wildman–Crippen LogP) is 5.37. The van der Waals surface area contributed by atoms with E-state index in [4.69, 9.17) is 11.5 Å². The van der Waals surface area contributed by atoms with Gasteiger partial charge in [0.05, 0.1) is 4.88 Å². The summed E-state index contributed by atoms with van der Waals surface area (Å²) < 4.78 is 46.1. The lowest BCUT2D eigenvalue weighted by atomic mass is 10.1. The Bertz CT molecular complexity index is 1250. The molecule has 1 heterocycles. The lowest BCUT2D eigenvalue weighted by Crippen LogP contribution is -2.27. The van der Waals surface area contributed by atoms with Gasteiger partial charge in [-0.05, 0) is 53.9 Å². The van der Waals surface area contributed by atoms with E-state index >= 15 is 0 Å². The second-order valence-electron chi connectivity index (χ2n) is 6.71. The van der Waals surface area contributed by atoms with Crippen molar-refractivity contribution in [2.24, 2.45) is 10.1 Å². The Balaban J connectivity index is 1.62. The molecular weight excluding hydrogens is 557 g/mol. The number of amidine groups is 1. The Kier molecular flexibility index (Phi) is 8.23. The van der Waals surface area contributed by atoms with E-state index in [0.717, 1.165) is 27.8 Å². The molecular formula is C21H16BrF3N4O3S2. The van der Waals surface area contributed by atoms with E-state index in [9.17, 15) is 22.8 Å². The fraction of sp³-hybridized carbons (Fsp3) is 0.0952. The molecule has 2 aromatic carbocycles. The number of benzene rings is 2. The number of nitrogen functional groups attached to an aromatic ring is 1. The molecule has 0 spiro atoms. The van der Waals surface area contributed by atoms with Crippen LogP contribution < -0.4 is 21.5 Å². The molecule has 7 nitrogen and oxygen atoms in total. The SMILES string of the molecule is NC(=NSCc1cc(N)cc(C(=O)Nc2cccc(Br)c2)c1)c1cc(OC(=O)C(F)(F)F)cs1. The highest BCUT2D eigenvalue weighted by atomic mass is 79.9. The van der Waals surface area contributed by atoms with Crippen LogP contribution in [0.2, 0.25) is 0 Å². The number of esters is 1. The van der Waals surface area contributed by atoms with Gasteiger partial charge >= 0.3 is 12.1 Å². The van der Waals surface area contributed by atoms with Crippen LogP contribution in [0.25, 0.3) is 0 Å². The van der Waals surface area contributed by atoms with Crippen molar-refractivity contribution >= 4 is 68.3 Å². The molecule has 0 aliphatic heterocycles. The summed E-state index contributed by atoms with van der Waals surface area (Å²) in [5.41, 5.74) is 13.9. The van der Waals surface area contributed by atoms with Crippen LogP contribution in [0.4, 0.5) is 24.5 Å². The fourth-order valence-electron chi connectivity index (χ4n) is 2.60. The van der Waals surface area contributed by atoms with Gasteiger partial charge in [0.1, 0.15) is 11.6 Å². The molecule has 0 aliphatic rings. The second-order valence-corrected chi connectivity index (χ2v) is 9.27. The summed E-state index contributed by atoms with van der Waals surface area (Å²) in [5, 5.41) is 4.01. The summed E-state index contributed by atoms with van der Waals surface area (Å²) in [6, 6.07) is 13.2. The van der Waals surface area contributed by atoms with Gasteiger partial charge in [-0.15, -0.1) is 11.3 Å². The van der Waals surface area contributed by atoms with Crippen molar-refractivity contribution in [3.63, 3.8) is 0 Å². The summed E-state index contributed by atoms with van der Waals surface area (Å²) in [7, 11) is 0. The third kappa shape index (κ3) is 7.23. The molecule has 0 fully saturated rings. The number of alkyl halides is 3. The van der Waals surface area contributed by atoms with E-state index in [1.165, 1.54) is 11.4 Å². The number of nitrogens with zero attached hydrogens (tertiary/aromatic N) is 1. The molecule has 3 aromatic rings. The molecule has 178 valence electrons. The van der Waals surface area contributed by atoms with E-state index in [0.29, 0.717) is 33.1 Å². The number of amides is 1. The van der Waals surface area contributed by atoms with E-state index in [-0.39, 0.29) is 17.5 Å². The van der Waals surface area contributed by atoms with Gasteiger partial charge in [-0.2, -0.15) is 17.6 Å². The number of hydrogen-bond donors (Lipinski definition) is 3. The summed E-state index contributed by atoms with van der Waals surface area (Å²) in [5.74, 6) is -2.56. The number of anilines is 2. The Hall–Kier alpha value is -3.03. The number of halogens is 4. The van der Waals surface area contributed by atoms with Crippen LogP contribution in [-0.4, -0.2) is 23.9 Å². The van der Waals surface area contributed by atoms with Crippen molar-refractivity contribution in [2.75, 3.05) is 11.1 Å². The minimum absolute atomic E-state index is 0.0424. The highest BCUT2D eigenvalue weighted by molar-refractivity contribution is 9.10. The van der Waals surface area contributed by atoms with Crippen molar-refractivity contribution in [3.8, 4) is 5.75 Å². The van der Waals surface area contributed by atoms with Crippen LogP contribution in [0.3, 0.4) is 0 Å². The fourth-order valence-corrected chi connectivity index (χ4v) is 4.38. The average Bonchev–Trinajstić information content (AvgIpc) is 3.21. The number of ether oxygens (including phenoxy) is 1. The van der Waals surface area contributed by atoms with Gasteiger partial charge in [0, 0.05) is 38.6 Å². The normalized spacial score (nSPS) is 11.8. The number of rotatable bonds is 7. The number of nitrogens with two attached hydrogens (primary N) is 2. The maximum atomic E-state index is 12.6. The summed E-state index contributed by atoms with van der Waals surface area (Å²) >= 11 is 5.38. The molecule has 1 aromatic heterocycles. The first-order valence-electron chi connectivity index (χ1n) is 9.31. The summed E-state index contributed by atoms with van der Waals surface area (Å²) in [6.45, 7) is 0. The zero-order chi connectivity index (χ0) is 24.9. The monoisotopic (exact) mass is 572 g/mol. The van der Waals surface area contributed by atoms with Crippen molar-refractivity contribution in [3.05, 3.63) is 74.4 Å². The molecule has 0 bridgehead atoms. The van der Waals surface area contributed by atoms with Gasteiger partial charge in [0.25, 0.3) is 5.91 Å². The molecule has 1 amide bonds. The van der Waals surface area contributed by atoms with Gasteiger partial charge in [0.15, 0.2) is 0 Å². The number of nitrogens with one attached hydrogen (secondary N) is 1. The lowest BCUT2D eigenvalue weighted by Gasteiger charge is -2.08. The first-order chi connectivity index (χ1) is 16.0. The molecule has 13 heteroatoms. The zero-order valence-electron chi connectivity index (χ0n) is 17.1.